The zero-order valence-corrected chi connectivity index (χ0v) is 18.4. The molecule has 8 heteroatoms. The van der Waals surface area contributed by atoms with E-state index in [1.807, 2.05) is 0 Å². The quantitative estimate of drug-likeness (QED) is 0.364. The SMILES string of the molecule is COc1cc(/C=N/NC(=O)c2ccccc2OC)ccc1OCc1c(Cl)cccc1Cl. The maximum atomic E-state index is 12.3. The maximum absolute atomic E-state index is 12.3. The molecule has 0 radical (unpaired) electrons. The number of hydrazone groups is 1. The van der Waals surface area contributed by atoms with E-state index in [1.54, 1.807) is 60.7 Å². The molecular formula is C23H20Cl2N2O4. The number of hydrogen-bond donors (Lipinski definition) is 1. The van der Waals surface area contributed by atoms with Crippen LogP contribution in [-0.2, 0) is 6.61 Å². The number of hydrogen-bond acceptors (Lipinski definition) is 5. The predicted molar refractivity (Wildman–Crippen MR) is 122 cm³/mol. The molecule has 0 spiro atoms. The Labute approximate surface area is 190 Å². The number of carbonyl (C=O) groups is 1. The minimum absolute atomic E-state index is 0.192. The Kier molecular flexibility index (Phi) is 7.76. The number of benzene rings is 3. The molecule has 6 nitrogen and oxygen atoms in total. The third kappa shape index (κ3) is 5.69. The van der Waals surface area contributed by atoms with Gasteiger partial charge in [-0.3, -0.25) is 4.79 Å². The van der Waals surface area contributed by atoms with Crippen molar-refractivity contribution in [2.24, 2.45) is 5.10 Å². The van der Waals surface area contributed by atoms with Crippen LogP contribution in [0.25, 0.3) is 0 Å². The highest BCUT2D eigenvalue weighted by atomic mass is 35.5. The first-order chi connectivity index (χ1) is 15.0. The lowest BCUT2D eigenvalue weighted by Gasteiger charge is -2.13. The summed E-state index contributed by atoms with van der Waals surface area (Å²) >= 11 is 12.4. The summed E-state index contributed by atoms with van der Waals surface area (Å²) in [5, 5.41) is 5.06. The van der Waals surface area contributed by atoms with Gasteiger partial charge in [-0.2, -0.15) is 5.10 Å². The lowest BCUT2D eigenvalue weighted by molar-refractivity contribution is 0.0952. The number of halogens is 2. The Hall–Kier alpha value is -3.22. The molecule has 0 atom stereocenters. The van der Waals surface area contributed by atoms with E-state index < -0.39 is 0 Å². The molecule has 3 aromatic rings. The van der Waals surface area contributed by atoms with Crippen molar-refractivity contribution in [1.82, 2.24) is 5.43 Å². The summed E-state index contributed by atoms with van der Waals surface area (Å²) < 4.78 is 16.4. The lowest BCUT2D eigenvalue weighted by atomic mass is 10.2. The van der Waals surface area contributed by atoms with E-state index in [9.17, 15) is 4.79 Å². The normalized spacial score (nSPS) is 10.7. The van der Waals surface area contributed by atoms with Gasteiger partial charge in [0.25, 0.3) is 5.91 Å². The van der Waals surface area contributed by atoms with E-state index in [0.717, 1.165) is 0 Å². The first kappa shape index (κ1) is 22.5. The Morgan fingerprint density at radius 1 is 0.935 bits per heavy atom. The van der Waals surface area contributed by atoms with Gasteiger partial charge < -0.3 is 14.2 Å². The molecule has 0 unspecified atom stereocenters. The molecular weight excluding hydrogens is 439 g/mol. The number of rotatable bonds is 8. The van der Waals surface area contributed by atoms with E-state index >= 15 is 0 Å². The second kappa shape index (κ2) is 10.7. The van der Waals surface area contributed by atoms with Crippen LogP contribution >= 0.6 is 23.2 Å². The van der Waals surface area contributed by atoms with Crippen LogP contribution in [0.15, 0.2) is 65.8 Å². The van der Waals surface area contributed by atoms with Gasteiger partial charge in [-0.05, 0) is 48.0 Å². The van der Waals surface area contributed by atoms with Crippen molar-refractivity contribution in [2.45, 2.75) is 6.61 Å². The molecule has 3 aromatic carbocycles. The van der Waals surface area contributed by atoms with Gasteiger partial charge >= 0.3 is 0 Å². The fourth-order valence-corrected chi connectivity index (χ4v) is 3.27. The predicted octanol–water partition coefficient (Wildman–Crippen LogP) is 5.35. The molecule has 0 fully saturated rings. The molecule has 160 valence electrons. The van der Waals surface area contributed by atoms with Crippen LogP contribution in [0.1, 0.15) is 21.5 Å². The van der Waals surface area contributed by atoms with Crippen molar-refractivity contribution in [2.75, 3.05) is 14.2 Å². The first-order valence-corrected chi connectivity index (χ1v) is 9.99. The molecule has 0 bridgehead atoms. The molecule has 0 aliphatic heterocycles. The van der Waals surface area contributed by atoms with Crippen LogP contribution in [0.5, 0.6) is 17.2 Å². The van der Waals surface area contributed by atoms with E-state index in [-0.39, 0.29) is 12.5 Å². The van der Waals surface area contributed by atoms with Gasteiger partial charge in [0, 0.05) is 15.6 Å². The van der Waals surface area contributed by atoms with E-state index in [0.29, 0.717) is 44.0 Å². The highest BCUT2D eigenvalue weighted by molar-refractivity contribution is 6.35. The minimum atomic E-state index is -0.378. The highest BCUT2D eigenvalue weighted by Crippen LogP contribution is 2.31. The summed E-state index contributed by atoms with van der Waals surface area (Å²) in [7, 11) is 3.04. The van der Waals surface area contributed by atoms with Crippen LogP contribution in [0.3, 0.4) is 0 Å². The zero-order chi connectivity index (χ0) is 22.2. The number of amides is 1. The maximum Gasteiger partial charge on any atom is 0.275 e. The van der Waals surface area contributed by atoms with Crippen molar-refractivity contribution >= 4 is 35.3 Å². The van der Waals surface area contributed by atoms with E-state index in [2.05, 4.69) is 10.5 Å². The average molecular weight is 459 g/mol. The number of nitrogens with one attached hydrogen (secondary N) is 1. The summed E-state index contributed by atoms with van der Waals surface area (Å²) in [6, 6.07) is 17.4. The molecule has 0 aromatic heterocycles. The molecule has 0 aliphatic rings. The van der Waals surface area contributed by atoms with Gasteiger partial charge in [-0.15, -0.1) is 0 Å². The molecule has 1 amide bonds. The average Bonchev–Trinajstić information content (AvgIpc) is 2.79. The van der Waals surface area contributed by atoms with Gasteiger partial charge in [0.2, 0.25) is 0 Å². The summed E-state index contributed by atoms with van der Waals surface area (Å²) in [6.07, 6.45) is 1.50. The second-order valence-corrected chi connectivity index (χ2v) is 7.11. The van der Waals surface area contributed by atoms with Crippen molar-refractivity contribution < 1.29 is 19.0 Å². The van der Waals surface area contributed by atoms with Gasteiger partial charge in [-0.1, -0.05) is 41.4 Å². The number of para-hydroxylation sites is 1. The molecule has 31 heavy (non-hydrogen) atoms. The Bertz CT molecular complexity index is 1080. The fraction of sp³-hybridized carbons (Fsp3) is 0.130. The molecule has 1 N–H and O–H groups in total. The first-order valence-electron chi connectivity index (χ1n) is 9.23. The monoisotopic (exact) mass is 458 g/mol. The van der Waals surface area contributed by atoms with Gasteiger partial charge in [0.1, 0.15) is 12.4 Å². The van der Waals surface area contributed by atoms with Crippen LogP contribution in [0.4, 0.5) is 0 Å². The minimum Gasteiger partial charge on any atom is -0.496 e. The highest BCUT2D eigenvalue weighted by Gasteiger charge is 2.11. The summed E-state index contributed by atoms with van der Waals surface area (Å²) in [5.41, 5.74) is 4.27. The summed E-state index contributed by atoms with van der Waals surface area (Å²) in [5.74, 6) is 1.12. The third-order valence-electron chi connectivity index (χ3n) is 4.35. The Morgan fingerprint density at radius 2 is 1.65 bits per heavy atom. The zero-order valence-electron chi connectivity index (χ0n) is 16.9. The number of nitrogens with zero attached hydrogens (tertiary/aromatic N) is 1. The Morgan fingerprint density at radius 3 is 2.35 bits per heavy atom. The van der Waals surface area contributed by atoms with Crippen molar-refractivity contribution in [3.8, 4) is 17.2 Å². The number of carbonyl (C=O) groups excluding carboxylic acids is 1. The molecule has 0 heterocycles. The summed E-state index contributed by atoms with van der Waals surface area (Å²) in [6.45, 7) is 0.192. The number of ether oxygens (including phenoxy) is 3. The second-order valence-electron chi connectivity index (χ2n) is 6.30. The van der Waals surface area contributed by atoms with Crippen molar-refractivity contribution in [3.63, 3.8) is 0 Å². The van der Waals surface area contributed by atoms with Gasteiger partial charge in [0.15, 0.2) is 11.5 Å². The largest absolute Gasteiger partial charge is 0.496 e. The molecule has 0 saturated heterocycles. The van der Waals surface area contributed by atoms with Crippen LogP contribution in [-0.4, -0.2) is 26.3 Å². The van der Waals surface area contributed by atoms with Crippen LogP contribution < -0.4 is 19.6 Å². The van der Waals surface area contributed by atoms with Gasteiger partial charge in [-0.25, -0.2) is 5.43 Å². The van der Waals surface area contributed by atoms with Crippen LogP contribution in [0, 0.1) is 0 Å². The number of methoxy groups -OCH3 is 2. The fourth-order valence-electron chi connectivity index (χ4n) is 2.76. The Balaban J connectivity index is 1.67. The van der Waals surface area contributed by atoms with Crippen molar-refractivity contribution in [1.29, 1.82) is 0 Å². The van der Waals surface area contributed by atoms with E-state index in [1.165, 1.54) is 20.4 Å². The molecule has 0 aliphatic carbocycles. The smallest absolute Gasteiger partial charge is 0.275 e. The van der Waals surface area contributed by atoms with Crippen molar-refractivity contribution in [3.05, 3.63) is 87.4 Å². The summed E-state index contributed by atoms with van der Waals surface area (Å²) in [4.78, 5) is 12.3. The standard InChI is InChI=1S/C23H20Cl2N2O4/c1-29-20-9-4-3-6-16(20)23(28)27-26-13-15-10-11-21(22(12-15)30-2)31-14-17-18(24)7-5-8-19(17)25/h3-13H,14H2,1-2H3,(H,27,28)/b26-13+. The molecule has 3 rings (SSSR count). The molecule has 0 saturated carbocycles. The lowest BCUT2D eigenvalue weighted by Crippen LogP contribution is -2.18. The third-order valence-corrected chi connectivity index (χ3v) is 5.06. The van der Waals surface area contributed by atoms with E-state index in [4.69, 9.17) is 37.4 Å². The topological polar surface area (TPSA) is 69.2 Å². The van der Waals surface area contributed by atoms with Crippen LogP contribution in [0.2, 0.25) is 10.0 Å². The van der Waals surface area contributed by atoms with Gasteiger partial charge in [0.05, 0.1) is 26.0 Å².